The second kappa shape index (κ2) is 10.3. The maximum absolute atomic E-state index is 9.33. The van der Waals surface area contributed by atoms with Gasteiger partial charge in [-0.1, -0.05) is 109 Å². The summed E-state index contributed by atoms with van der Waals surface area (Å²) >= 11 is 0. The Labute approximate surface area is 272 Å². The van der Waals surface area contributed by atoms with Gasteiger partial charge in [0.2, 0.25) is 0 Å². The van der Waals surface area contributed by atoms with Crippen molar-refractivity contribution in [3.63, 3.8) is 0 Å². The van der Waals surface area contributed by atoms with Crippen LogP contribution in [0.3, 0.4) is 0 Å². The smallest absolute Gasteiger partial charge is 0.163 e. The average molecular weight is 603 g/mol. The molecule has 0 fully saturated rings. The van der Waals surface area contributed by atoms with Gasteiger partial charge in [-0.2, -0.15) is 5.26 Å². The van der Waals surface area contributed by atoms with Gasteiger partial charge in [0, 0.05) is 22.3 Å². The van der Waals surface area contributed by atoms with Crippen LogP contribution in [0, 0.1) is 18.3 Å². The Balaban J connectivity index is 1.20. The van der Waals surface area contributed by atoms with Gasteiger partial charge in [0.05, 0.1) is 17.0 Å². The zero-order valence-electron chi connectivity index (χ0n) is 25.5. The Morgan fingerprint density at radius 2 is 1.11 bits per heavy atom. The molecule has 1 aliphatic heterocycles. The van der Waals surface area contributed by atoms with E-state index in [1.807, 2.05) is 67.6 Å². The molecule has 2 aliphatic rings. The van der Waals surface area contributed by atoms with Crippen molar-refractivity contribution >= 4 is 0 Å². The molecule has 220 valence electrons. The van der Waals surface area contributed by atoms with Gasteiger partial charge < -0.3 is 4.74 Å². The van der Waals surface area contributed by atoms with Crippen LogP contribution in [0.5, 0.6) is 11.5 Å². The van der Waals surface area contributed by atoms with E-state index in [0.29, 0.717) is 23.0 Å². The fraction of sp³-hybridized carbons (Fsp3) is 0.0476. The molecule has 7 aromatic rings. The van der Waals surface area contributed by atoms with Crippen LogP contribution in [0.1, 0.15) is 33.6 Å². The predicted octanol–water partition coefficient (Wildman–Crippen LogP) is 9.52. The quantitative estimate of drug-likeness (QED) is 0.201. The number of ether oxygens (including phenoxy) is 1. The molecular formula is C42H26N4O. The van der Waals surface area contributed by atoms with E-state index in [-0.39, 0.29) is 0 Å². The Morgan fingerprint density at radius 1 is 0.511 bits per heavy atom. The lowest BCUT2D eigenvalue weighted by atomic mass is 9.66. The van der Waals surface area contributed by atoms with Crippen molar-refractivity contribution in [3.05, 3.63) is 173 Å². The summed E-state index contributed by atoms with van der Waals surface area (Å²) in [5.74, 6) is 3.61. The van der Waals surface area contributed by atoms with Crippen molar-refractivity contribution < 1.29 is 4.74 Å². The van der Waals surface area contributed by atoms with E-state index in [9.17, 15) is 5.26 Å². The van der Waals surface area contributed by atoms with E-state index < -0.39 is 5.41 Å². The van der Waals surface area contributed by atoms with Gasteiger partial charge in [-0.25, -0.2) is 15.0 Å². The SMILES string of the molecule is Cc1nc(-c2ccc(-c3cccc(C#N)c3)cc2)nc(-c2ccc3c(c2)C2(c4ccccc4Oc4ccccc42)c2ccccc2-3)n1. The first kappa shape index (κ1) is 27.0. The zero-order valence-corrected chi connectivity index (χ0v) is 25.5. The van der Waals surface area contributed by atoms with Gasteiger partial charge in [-0.05, 0) is 70.6 Å². The molecule has 6 aromatic carbocycles. The van der Waals surface area contributed by atoms with Crippen molar-refractivity contribution in [2.45, 2.75) is 12.3 Å². The van der Waals surface area contributed by atoms with E-state index in [4.69, 9.17) is 19.7 Å². The number of fused-ring (bicyclic) bond motifs is 9. The maximum atomic E-state index is 9.33. The minimum atomic E-state index is -0.559. The third-order valence-electron chi connectivity index (χ3n) is 9.32. The first-order valence-electron chi connectivity index (χ1n) is 15.6. The highest BCUT2D eigenvalue weighted by atomic mass is 16.5. The summed E-state index contributed by atoms with van der Waals surface area (Å²) in [7, 11) is 0. The Bertz CT molecular complexity index is 2380. The summed E-state index contributed by atoms with van der Waals surface area (Å²) in [5.41, 5.74) is 11.0. The number of aryl methyl sites for hydroxylation is 1. The van der Waals surface area contributed by atoms with Crippen LogP contribution in [-0.2, 0) is 5.41 Å². The third-order valence-corrected chi connectivity index (χ3v) is 9.32. The van der Waals surface area contributed by atoms with Crippen molar-refractivity contribution in [1.29, 1.82) is 5.26 Å². The Morgan fingerprint density at radius 3 is 1.83 bits per heavy atom. The van der Waals surface area contributed by atoms with E-state index >= 15 is 0 Å². The molecule has 9 rings (SSSR count). The first-order valence-corrected chi connectivity index (χ1v) is 15.6. The highest BCUT2D eigenvalue weighted by Gasteiger charge is 2.51. The number of nitriles is 1. The molecule has 5 nitrogen and oxygen atoms in total. The fourth-order valence-electron chi connectivity index (χ4n) is 7.31. The predicted molar refractivity (Wildman–Crippen MR) is 183 cm³/mol. The van der Waals surface area contributed by atoms with Crippen LogP contribution in [0.4, 0.5) is 0 Å². The van der Waals surface area contributed by atoms with Gasteiger partial charge in [0.1, 0.15) is 17.3 Å². The Hall–Kier alpha value is -6.38. The highest BCUT2D eigenvalue weighted by molar-refractivity contribution is 5.90. The molecule has 5 heteroatoms. The van der Waals surface area contributed by atoms with Crippen LogP contribution >= 0.6 is 0 Å². The molecule has 0 bridgehead atoms. The standard InChI is InChI=1S/C42H26N4O/c1-26-44-40(29-19-17-28(18-20-29)30-10-8-9-27(23-30)25-43)46-41(45-26)31-21-22-33-32-11-2-3-12-34(32)42(37(33)24-31)35-13-4-6-15-38(35)47-39-16-7-5-14-36(39)42/h2-24H,1H3. The fourth-order valence-corrected chi connectivity index (χ4v) is 7.31. The third kappa shape index (κ3) is 4.05. The lowest BCUT2D eigenvalue weighted by Crippen LogP contribution is -2.32. The van der Waals surface area contributed by atoms with Gasteiger partial charge in [0.15, 0.2) is 11.6 Å². The normalized spacial score (nSPS) is 13.1. The number of hydrogen-bond acceptors (Lipinski definition) is 5. The second-order valence-corrected chi connectivity index (χ2v) is 12.0. The minimum absolute atomic E-state index is 0.559. The average Bonchev–Trinajstić information content (AvgIpc) is 3.41. The van der Waals surface area contributed by atoms with Crippen molar-refractivity contribution in [1.82, 2.24) is 15.0 Å². The van der Waals surface area contributed by atoms with Crippen LogP contribution in [0.25, 0.3) is 45.0 Å². The largest absolute Gasteiger partial charge is 0.457 e. The molecule has 1 aromatic heterocycles. The summed E-state index contributed by atoms with van der Waals surface area (Å²) in [5, 5.41) is 9.33. The summed E-state index contributed by atoms with van der Waals surface area (Å²) in [6.07, 6.45) is 0. The molecule has 2 heterocycles. The molecule has 0 atom stereocenters. The number of rotatable bonds is 3. The van der Waals surface area contributed by atoms with Gasteiger partial charge >= 0.3 is 0 Å². The number of nitrogens with zero attached hydrogens (tertiary/aromatic N) is 4. The van der Waals surface area contributed by atoms with E-state index in [1.54, 1.807) is 0 Å². The molecule has 1 spiro atoms. The number of hydrogen-bond donors (Lipinski definition) is 0. The molecule has 0 saturated carbocycles. The van der Waals surface area contributed by atoms with E-state index in [1.165, 1.54) is 22.3 Å². The second-order valence-electron chi connectivity index (χ2n) is 12.0. The number of benzene rings is 6. The highest BCUT2D eigenvalue weighted by Crippen LogP contribution is 2.62. The monoisotopic (exact) mass is 602 g/mol. The van der Waals surface area contributed by atoms with Crippen molar-refractivity contribution in [3.8, 4) is 62.6 Å². The number of aromatic nitrogens is 3. The van der Waals surface area contributed by atoms with Crippen LogP contribution in [-0.4, -0.2) is 15.0 Å². The van der Waals surface area contributed by atoms with Crippen LogP contribution < -0.4 is 4.74 Å². The summed E-state index contributed by atoms with van der Waals surface area (Å²) in [6.45, 7) is 1.91. The topological polar surface area (TPSA) is 71.7 Å². The molecule has 1 aliphatic carbocycles. The Kier molecular flexibility index (Phi) is 5.93. The summed E-state index contributed by atoms with van der Waals surface area (Å²) < 4.78 is 6.49. The number of para-hydroxylation sites is 2. The molecule has 0 radical (unpaired) electrons. The summed E-state index contributed by atoms with van der Waals surface area (Å²) in [6, 6.07) is 50.0. The van der Waals surface area contributed by atoms with Crippen molar-refractivity contribution in [2.75, 3.05) is 0 Å². The molecule has 0 N–H and O–H groups in total. The van der Waals surface area contributed by atoms with Gasteiger partial charge in [-0.15, -0.1) is 0 Å². The van der Waals surface area contributed by atoms with Crippen LogP contribution in [0.2, 0.25) is 0 Å². The van der Waals surface area contributed by atoms with E-state index in [0.717, 1.165) is 44.9 Å². The van der Waals surface area contributed by atoms with Gasteiger partial charge in [0.25, 0.3) is 0 Å². The summed E-state index contributed by atoms with van der Waals surface area (Å²) in [4.78, 5) is 14.6. The molecule has 0 saturated heterocycles. The lowest BCUT2D eigenvalue weighted by Gasteiger charge is -2.39. The maximum Gasteiger partial charge on any atom is 0.163 e. The zero-order chi connectivity index (χ0) is 31.5. The van der Waals surface area contributed by atoms with Crippen LogP contribution in [0.15, 0.2) is 140 Å². The molecule has 0 unspecified atom stereocenters. The van der Waals surface area contributed by atoms with Crippen molar-refractivity contribution in [2.24, 2.45) is 0 Å². The molecular weight excluding hydrogens is 576 g/mol. The first-order chi connectivity index (χ1) is 23.1. The van der Waals surface area contributed by atoms with E-state index in [2.05, 4.69) is 84.9 Å². The van der Waals surface area contributed by atoms with Gasteiger partial charge in [-0.3, -0.25) is 0 Å². The lowest BCUT2D eigenvalue weighted by molar-refractivity contribution is 0.436. The molecule has 0 amide bonds. The minimum Gasteiger partial charge on any atom is -0.457 e. The molecule has 47 heavy (non-hydrogen) atoms.